The summed E-state index contributed by atoms with van der Waals surface area (Å²) >= 11 is 0. The molecule has 1 aromatic heterocycles. The standard InChI is InChI=1S/C9H13N2O2.BrH/c1-10(2)9(12)13-8-5-4-6-11(3)7-8;/h4-7H,1-3H3;1H/q+1;. The number of rotatable bonds is 1. The number of nitrogens with zero attached hydrogens (tertiary/aromatic N) is 2. The van der Waals surface area contributed by atoms with E-state index in [-0.39, 0.29) is 23.1 Å². The summed E-state index contributed by atoms with van der Waals surface area (Å²) in [5.74, 6) is 0.545. The molecule has 0 spiro atoms. The average Bonchev–Trinajstić information content (AvgIpc) is 2.04. The Morgan fingerprint density at radius 1 is 1.50 bits per heavy atom. The van der Waals surface area contributed by atoms with Crippen molar-refractivity contribution in [3.63, 3.8) is 0 Å². The molecule has 0 atom stereocenters. The molecule has 0 radical (unpaired) electrons. The van der Waals surface area contributed by atoms with E-state index in [1.165, 1.54) is 4.90 Å². The number of aryl methyl sites for hydroxylation is 1. The number of halogens is 1. The summed E-state index contributed by atoms with van der Waals surface area (Å²) < 4.78 is 6.84. The minimum absolute atomic E-state index is 0. The van der Waals surface area contributed by atoms with Crippen molar-refractivity contribution >= 4 is 23.1 Å². The van der Waals surface area contributed by atoms with Gasteiger partial charge in [-0.2, -0.15) is 0 Å². The zero-order valence-corrected chi connectivity index (χ0v) is 10.1. The van der Waals surface area contributed by atoms with Crippen molar-refractivity contribution in [2.45, 2.75) is 0 Å². The highest BCUT2D eigenvalue weighted by atomic mass is 79.9. The van der Waals surface area contributed by atoms with Crippen LogP contribution in [-0.2, 0) is 7.05 Å². The minimum atomic E-state index is -0.369. The normalized spacial score (nSPS) is 8.79. The summed E-state index contributed by atoms with van der Waals surface area (Å²) in [5.41, 5.74) is 0. The van der Waals surface area contributed by atoms with Gasteiger partial charge < -0.3 is 9.64 Å². The molecule has 5 heteroatoms. The molecule has 78 valence electrons. The van der Waals surface area contributed by atoms with Crippen molar-refractivity contribution in [2.24, 2.45) is 7.05 Å². The summed E-state index contributed by atoms with van der Waals surface area (Å²) in [4.78, 5) is 12.5. The van der Waals surface area contributed by atoms with Crippen LogP contribution in [0.25, 0.3) is 0 Å². The van der Waals surface area contributed by atoms with Gasteiger partial charge in [-0.1, -0.05) is 0 Å². The lowest BCUT2D eigenvalue weighted by molar-refractivity contribution is -0.671. The van der Waals surface area contributed by atoms with Crippen LogP contribution in [0.3, 0.4) is 0 Å². The van der Waals surface area contributed by atoms with Crippen molar-refractivity contribution in [3.05, 3.63) is 24.5 Å². The predicted octanol–water partition coefficient (Wildman–Crippen LogP) is 1.15. The molecule has 1 amide bonds. The lowest BCUT2D eigenvalue weighted by Crippen LogP contribution is -2.29. The van der Waals surface area contributed by atoms with Gasteiger partial charge in [0.1, 0.15) is 7.05 Å². The largest absolute Gasteiger partial charge is 0.414 e. The first-order valence-corrected chi connectivity index (χ1v) is 3.94. The summed E-state index contributed by atoms with van der Waals surface area (Å²) in [6.07, 6.45) is 3.24. The van der Waals surface area contributed by atoms with E-state index < -0.39 is 0 Å². The fourth-order valence-electron chi connectivity index (χ4n) is 0.813. The third-order valence-corrected chi connectivity index (χ3v) is 1.48. The van der Waals surface area contributed by atoms with E-state index >= 15 is 0 Å². The molecule has 0 aliphatic rings. The van der Waals surface area contributed by atoms with Gasteiger partial charge in [0.05, 0.1) is 0 Å². The van der Waals surface area contributed by atoms with Crippen LogP contribution >= 0.6 is 17.0 Å². The van der Waals surface area contributed by atoms with Gasteiger partial charge in [0.15, 0.2) is 11.9 Å². The summed E-state index contributed by atoms with van der Waals surface area (Å²) in [7, 11) is 5.16. The van der Waals surface area contributed by atoms with Crippen LogP contribution in [0, 0.1) is 0 Å². The highest BCUT2D eigenvalue weighted by Gasteiger charge is 2.08. The minimum Gasteiger partial charge on any atom is -0.404 e. The maximum atomic E-state index is 11.1. The molecular formula is C9H14BrN2O2+. The lowest BCUT2D eigenvalue weighted by atomic mass is 10.4. The highest BCUT2D eigenvalue weighted by molar-refractivity contribution is 8.93. The molecule has 0 aliphatic heterocycles. The molecule has 1 aromatic rings. The third kappa shape index (κ3) is 3.74. The number of aromatic nitrogens is 1. The molecule has 14 heavy (non-hydrogen) atoms. The molecule has 0 aromatic carbocycles. The molecule has 0 bridgehead atoms. The Hall–Kier alpha value is -1.10. The van der Waals surface area contributed by atoms with E-state index in [2.05, 4.69) is 0 Å². The number of pyridine rings is 1. The van der Waals surface area contributed by atoms with E-state index in [0.717, 1.165) is 0 Å². The van der Waals surface area contributed by atoms with Gasteiger partial charge in [0, 0.05) is 20.2 Å². The first-order chi connectivity index (χ1) is 6.09. The van der Waals surface area contributed by atoms with E-state index in [4.69, 9.17) is 4.74 Å². The zero-order chi connectivity index (χ0) is 9.84. The van der Waals surface area contributed by atoms with Crippen molar-refractivity contribution in [1.29, 1.82) is 0 Å². The quantitative estimate of drug-likeness (QED) is 0.711. The lowest BCUT2D eigenvalue weighted by Gasteiger charge is -2.09. The van der Waals surface area contributed by atoms with Gasteiger partial charge in [-0.15, -0.1) is 17.0 Å². The number of carbonyl (C=O) groups is 1. The summed E-state index contributed by atoms with van der Waals surface area (Å²) in [6.45, 7) is 0. The van der Waals surface area contributed by atoms with Gasteiger partial charge in [-0.05, 0) is 6.07 Å². The topological polar surface area (TPSA) is 33.4 Å². The SMILES string of the molecule is Br.CN(C)C(=O)Oc1ccc[n+](C)c1. The molecule has 4 nitrogen and oxygen atoms in total. The Labute approximate surface area is 93.9 Å². The molecule has 1 rings (SSSR count). The molecule has 0 saturated heterocycles. The summed E-state index contributed by atoms with van der Waals surface area (Å²) in [5, 5.41) is 0. The number of ether oxygens (including phenoxy) is 1. The van der Waals surface area contributed by atoms with Crippen molar-refractivity contribution in [1.82, 2.24) is 4.90 Å². The second-order valence-corrected chi connectivity index (χ2v) is 2.97. The molecule has 0 saturated carbocycles. The molecule has 0 fully saturated rings. The van der Waals surface area contributed by atoms with E-state index in [0.29, 0.717) is 5.75 Å². The number of amides is 1. The van der Waals surface area contributed by atoms with Crippen LogP contribution in [0.4, 0.5) is 4.79 Å². The fourth-order valence-corrected chi connectivity index (χ4v) is 0.813. The first-order valence-electron chi connectivity index (χ1n) is 3.94. The van der Waals surface area contributed by atoms with Gasteiger partial charge in [0.25, 0.3) is 0 Å². The Morgan fingerprint density at radius 3 is 2.64 bits per heavy atom. The highest BCUT2D eigenvalue weighted by Crippen LogP contribution is 2.05. The van der Waals surface area contributed by atoms with E-state index in [1.54, 1.807) is 26.4 Å². The Balaban J connectivity index is 0.00000169. The average molecular weight is 262 g/mol. The zero-order valence-electron chi connectivity index (χ0n) is 8.43. The van der Waals surface area contributed by atoms with E-state index in [9.17, 15) is 4.79 Å². The molecule has 0 unspecified atom stereocenters. The van der Waals surface area contributed by atoms with Crippen molar-refractivity contribution in [3.8, 4) is 5.75 Å². The van der Waals surface area contributed by atoms with E-state index in [1.807, 2.05) is 23.9 Å². The second kappa shape index (κ2) is 5.59. The second-order valence-electron chi connectivity index (χ2n) is 2.97. The number of hydrogen-bond donors (Lipinski definition) is 0. The van der Waals surface area contributed by atoms with Crippen molar-refractivity contribution < 1.29 is 14.1 Å². The monoisotopic (exact) mass is 261 g/mol. The smallest absolute Gasteiger partial charge is 0.404 e. The first kappa shape index (κ1) is 12.9. The Bertz CT molecular complexity index is 315. The number of carbonyl (C=O) groups excluding carboxylic acids is 1. The van der Waals surface area contributed by atoms with Gasteiger partial charge in [0.2, 0.25) is 6.20 Å². The van der Waals surface area contributed by atoms with Crippen LogP contribution < -0.4 is 9.30 Å². The number of hydrogen-bond acceptors (Lipinski definition) is 2. The van der Waals surface area contributed by atoms with Crippen molar-refractivity contribution in [2.75, 3.05) is 14.1 Å². The molecule has 1 heterocycles. The summed E-state index contributed by atoms with van der Waals surface area (Å²) in [6, 6.07) is 3.56. The van der Waals surface area contributed by atoms with Crippen LogP contribution in [0.2, 0.25) is 0 Å². The molecule has 0 aliphatic carbocycles. The van der Waals surface area contributed by atoms with Crippen LogP contribution in [-0.4, -0.2) is 25.1 Å². The third-order valence-electron chi connectivity index (χ3n) is 1.48. The molecule has 0 N–H and O–H groups in total. The predicted molar refractivity (Wildman–Crippen MR) is 57.7 cm³/mol. The maximum absolute atomic E-state index is 11.1. The van der Waals surface area contributed by atoms with Crippen LogP contribution in [0.5, 0.6) is 5.75 Å². The Kier molecular flexibility index (Phi) is 5.15. The van der Waals surface area contributed by atoms with Crippen LogP contribution in [0.1, 0.15) is 0 Å². The molecular weight excluding hydrogens is 248 g/mol. The van der Waals surface area contributed by atoms with Gasteiger partial charge in [-0.3, -0.25) is 0 Å². The Morgan fingerprint density at radius 2 is 2.14 bits per heavy atom. The van der Waals surface area contributed by atoms with Gasteiger partial charge >= 0.3 is 6.09 Å². The maximum Gasteiger partial charge on any atom is 0.414 e. The van der Waals surface area contributed by atoms with Crippen LogP contribution in [0.15, 0.2) is 24.5 Å². The fraction of sp³-hybridized carbons (Fsp3) is 0.333. The van der Waals surface area contributed by atoms with Gasteiger partial charge in [-0.25, -0.2) is 9.36 Å².